The van der Waals surface area contributed by atoms with Gasteiger partial charge in [0.15, 0.2) is 0 Å². The molecule has 0 saturated carbocycles. The number of nitrogens with zero attached hydrogens (tertiary/aromatic N) is 1. The van der Waals surface area contributed by atoms with Crippen molar-refractivity contribution < 1.29 is 4.42 Å². The fraction of sp³-hybridized carbons (Fsp3) is 0.0714. The highest BCUT2D eigenvalue weighted by molar-refractivity contribution is 6.11. The Hall–Kier alpha value is -7.16. The van der Waals surface area contributed by atoms with Crippen molar-refractivity contribution in [2.45, 2.75) is 24.8 Å². The van der Waals surface area contributed by atoms with Crippen molar-refractivity contribution in [2.24, 2.45) is 0 Å². The maximum absolute atomic E-state index is 6.76. The second-order valence-electron chi connectivity index (χ2n) is 15.6. The third-order valence-electron chi connectivity index (χ3n) is 12.1. The van der Waals surface area contributed by atoms with Gasteiger partial charge in [0.2, 0.25) is 0 Å². The molecule has 58 heavy (non-hydrogen) atoms. The molecule has 2 aliphatic carbocycles. The van der Waals surface area contributed by atoms with Crippen molar-refractivity contribution in [3.8, 4) is 33.4 Å². The largest absolute Gasteiger partial charge is 0.455 e. The second-order valence-corrected chi connectivity index (χ2v) is 15.6. The zero-order valence-electron chi connectivity index (χ0n) is 32.1. The Morgan fingerprint density at radius 2 is 1.24 bits per heavy atom. The van der Waals surface area contributed by atoms with E-state index in [0.717, 1.165) is 45.9 Å². The van der Waals surface area contributed by atoms with E-state index in [0.29, 0.717) is 5.92 Å². The monoisotopic (exact) mass is 743 g/mol. The van der Waals surface area contributed by atoms with Crippen LogP contribution in [0, 0.1) is 0 Å². The molecule has 0 amide bonds. The van der Waals surface area contributed by atoms with Gasteiger partial charge in [-0.2, -0.15) is 0 Å². The predicted molar refractivity (Wildman–Crippen MR) is 245 cm³/mol. The van der Waals surface area contributed by atoms with Crippen LogP contribution >= 0.6 is 0 Å². The normalized spacial score (nSPS) is 15.9. The molecule has 276 valence electrons. The molecule has 8 aromatic carbocycles. The lowest BCUT2D eigenvalue weighted by Crippen LogP contribution is -2.32. The number of furan rings is 1. The standard InChI is InChI=1S/C56H41NO/c1-3-12-38(13-4-1)46-26-31-55-53(35-46)54-37-48(39-14-5-2-6-15-39)36-52(56(54)58-55)47-21-11-20-43(32-47)42-22-27-49(28-23-42)57(50-29-24-40-16-7-9-18-44(40)33-50)51-30-25-41-17-8-10-19-45(41)34-51/h1-14,16-33,35-37,39,51H,15,34H2. The highest BCUT2D eigenvalue weighted by Crippen LogP contribution is 2.42. The van der Waals surface area contributed by atoms with Crippen LogP contribution in [0.1, 0.15) is 29.0 Å². The van der Waals surface area contributed by atoms with Crippen LogP contribution in [0.3, 0.4) is 0 Å². The second kappa shape index (κ2) is 14.4. The molecule has 11 rings (SSSR count). The molecule has 0 bridgehead atoms. The van der Waals surface area contributed by atoms with Gasteiger partial charge in [-0.15, -0.1) is 0 Å². The SMILES string of the molecule is C1=CCC(c2cc(-c3cccc(-c4ccc(N(c5ccc6ccccc6c5)C5C=Cc6ccccc6C5)cc4)c3)c3oc4ccc(-c5ccccc5)cc4c3c2)C=C1. The Kier molecular flexibility index (Phi) is 8.47. The lowest BCUT2D eigenvalue weighted by molar-refractivity contribution is 0.669. The zero-order chi connectivity index (χ0) is 38.4. The number of benzene rings is 8. The van der Waals surface area contributed by atoms with Crippen molar-refractivity contribution in [2.75, 3.05) is 4.90 Å². The number of anilines is 2. The van der Waals surface area contributed by atoms with E-state index >= 15 is 0 Å². The average Bonchev–Trinajstić information content (AvgIpc) is 3.67. The molecule has 2 aliphatic rings. The molecule has 0 spiro atoms. The molecule has 2 atom stereocenters. The molecule has 0 N–H and O–H groups in total. The van der Waals surface area contributed by atoms with Gasteiger partial charge in [-0.1, -0.05) is 158 Å². The van der Waals surface area contributed by atoms with E-state index in [2.05, 4.69) is 217 Å². The van der Waals surface area contributed by atoms with E-state index < -0.39 is 0 Å². The zero-order valence-corrected chi connectivity index (χ0v) is 32.1. The highest BCUT2D eigenvalue weighted by atomic mass is 16.3. The number of allylic oxidation sites excluding steroid dienone is 4. The van der Waals surface area contributed by atoms with E-state index in [1.807, 2.05) is 0 Å². The summed E-state index contributed by atoms with van der Waals surface area (Å²) in [6.07, 6.45) is 15.5. The Labute approximate surface area is 339 Å². The van der Waals surface area contributed by atoms with E-state index in [4.69, 9.17) is 4.42 Å². The smallest absolute Gasteiger partial charge is 0.143 e. The molecule has 2 heteroatoms. The summed E-state index contributed by atoms with van der Waals surface area (Å²) in [4.78, 5) is 2.50. The van der Waals surface area contributed by atoms with Gasteiger partial charge in [-0.25, -0.2) is 0 Å². The molecule has 2 nitrogen and oxygen atoms in total. The summed E-state index contributed by atoms with van der Waals surface area (Å²) in [6, 6.07) is 64.4. The minimum Gasteiger partial charge on any atom is -0.455 e. The van der Waals surface area contributed by atoms with E-state index in [-0.39, 0.29) is 6.04 Å². The average molecular weight is 744 g/mol. The van der Waals surface area contributed by atoms with Crippen LogP contribution in [0.15, 0.2) is 211 Å². The molecule has 0 aliphatic heterocycles. The first kappa shape index (κ1) is 34.1. The van der Waals surface area contributed by atoms with Crippen molar-refractivity contribution in [1.82, 2.24) is 0 Å². The number of hydrogen-bond acceptors (Lipinski definition) is 2. The third-order valence-corrected chi connectivity index (χ3v) is 12.1. The van der Waals surface area contributed by atoms with Gasteiger partial charge in [0, 0.05) is 33.6 Å². The summed E-state index contributed by atoms with van der Waals surface area (Å²) in [5, 5.41) is 4.80. The fourth-order valence-electron chi connectivity index (χ4n) is 9.07. The van der Waals surface area contributed by atoms with Crippen LogP contribution in [0.4, 0.5) is 11.4 Å². The molecule has 0 fully saturated rings. The minimum absolute atomic E-state index is 0.182. The molecule has 0 radical (unpaired) electrons. The van der Waals surface area contributed by atoms with Crippen molar-refractivity contribution in [1.29, 1.82) is 0 Å². The van der Waals surface area contributed by atoms with Gasteiger partial charge in [0.25, 0.3) is 0 Å². The van der Waals surface area contributed by atoms with Crippen LogP contribution in [-0.4, -0.2) is 6.04 Å². The topological polar surface area (TPSA) is 16.4 Å². The quantitative estimate of drug-likeness (QED) is 0.162. The van der Waals surface area contributed by atoms with Crippen LogP contribution in [0.25, 0.3) is 72.2 Å². The molecule has 1 aromatic heterocycles. The van der Waals surface area contributed by atoms with Crippen LogP contribution < -0.4 is 4.90 Å². The number of rotatable bonds is 7. The minimum atomic E-state index is 0.182. The van der Waals surface area contributed by atoms with E-state index in [9.17, 15) is 0 Å². The van der Waals surface area contributed by atoms with Gasteiger partial charge in [-0.3, -0.25) is 0 Å². The van der Waals surface area contributed by atoms with Crippen molar-refractivity contribution in [3.63, 3.8) is 0 Å². The lowest BCUT2D eigenvalue weighted by atomic mass is 9.88. The first-order valence-electron chi connectivity index (χ1n) is 20.4. The summed E-state index contributed by atoms with van der Waals surface area (Å²) < 4.78 is 6.76. The van der Waals surface area contributed by atoms with Gasteiger partial charge < -0.3 is 9.32 Å². The van der Waals surface area contributed by atoms with Crippen LogP contribution in [0.2, 0.25) is 0 Å². The molecule has 9 aromatic rings. The predicted octanol–water partition coefficient (Wildman–Crippen LogP) is 15.1. The summed E-state index contributed by atoms with van der Waals surface area (Å²) in [6.45, 7) is 0. The maximum Gasteiger partial charge on any atom is 0.143 e. The number of hydrogen-bond donors (Lipinski definition) is 0. The molecule has 2 unspecified atom stereocenters. The summed E-state index contributed by atoms with van der Waals surface area (Å²) >= 11 is 0. The molecule has 1 heterocycles. The van der Waals surface area contributed by atoms with Gasteiger partial charge in [0.1, 0.15) is 11.2 Å². The molecule has 0 saturated heterocycles. The summed E-state index contributed by atoms with van der Waals surface area (Å²) in [5.41, 5.74) is 15.2. The first-order valence-corrected chi connectivity index (χ1v) is 20.4. The van der Waals surface area contributed by atoms with Gasteiger partial charge >= 0.3 is 0 Å². The van der Waals surface area contributed by atoms with Crippen LogP contribution in [0.5, 0.6) is 0 Å². The Morgan fingerprint density at radius 1 is 0.500 bits per heavy atom. The van der Waals surface area contributed by atoms with Crippen LogP contribution in [-0.2, 0) is 6.42 Å². The van der Waals surface area contributed by atoms with Gasteiger partial charge in [-0.05, 0) is 123 Å². The number of fused-ring (bicyclic) bond motifs is 5. The van der Waals surface area contributed by atoms with Gasteiger partial charge in [0.05, 0.1) is 6.04 Å². The summed E-state index contributed by atoms with van der Waals surface area (Å²) in [7, 11) is 0. The third kappa shape index (κ3) is 6.24. The molecular formula is C56H41NO. The van der Waals surface area contributed by atoms with E-state index in [1.165, 1.54) is 61.1 Å². The van der Waals surface area contributed by atoms with E-state index in [1.54, 1.807) is 0 Å². The summed E-state index contributed by atoms with van der Waals surface area (Å²) in [5.74, 6) is 0.309. The fourth-order valence-corrected chi connectivity index (χ4v) is 9.07. The lowest BCUT2D eigenvalue weighted by Gasteiger charge is -2.34. The molecular weight excluding hydrogens is 703 g/mol. The Balaban J connectivity index is 0.988. The van der Waals surface area contributed by atoms with Crippen molar-refractivity contribution >= 4 is 50.2 Å². The Bertz CT molecular complexity index is 3070. The highest BCUT2D eigenvalue weighted by Gasteiger charge is 2.24. The van der Waals surface area contributed by atoms with Crippen molar-refractivity contribution in [3.05, 3.63) is 223 Å². The maximum atomic E-state index is 6.76. The Morgan fingerprint density at radius 3 is 2.12 bits per heavy atom. The first-order chi connectivity index (χ1) is 28.7.